The Bertz CT molecular complexity index is 504. The highest BCUT2D eigenvalue weighted by molar-refractivity contribution is 5.87. The molecule has 2 heterocycles. The molecule has 0 aromatic carbocycles. The lowest BCUT2D eigenvalue weighted by molar-refractivity contribution is -0.136. The van der Waals surface area contributed by atoms with E-state index in [1.54, 1.807) is 25.6 Å². The van der Waals surface area contributed by atoms with Crippen LogP contribution in [0.5, 0.6) is 5.75 Å². The molecule has 0 aliphatic carbocycles. The van der Waals surface area contributed by atoms with E-state index >= 15 is 0 Å². The van der Waals surface area contributed by atoms with E-state index in [1.165, 1.54) is 0 Å². The number of methoxy groups -OCH3 is 1. The lowest BCUT2D eigenvalue weighted by atomic mass is 10.2. The Balaban J connectivity index is 2.55. The van der Waals surface area contributed by atoms with Gasteiger partial charge in [0.2, 0.25) is 0 Å². The van der Waals surface area contributed by atoms with Crippen LogP contribution in [-0.2, 0) is 11.2 Å². The quantitative estimate of drug-likeness (QED) is 0.791. The molecule has 15 heavy (non-hydrogen) atoms. The summed E-state index contributed by atoms with van der Waals surface area (Å²) in [4.78, 5) is 17.7. The van der Waals surface area contributed by atoms with Crippen molar-refractivity contribution < 1.29 is 14.6 Å². The third-order valence-electron chi connectivity index (χ3n) is 2.17. The summed E-state index contributed by atoms with van der Waals surface area (Å²) in [6.45, 7) is 0. The standard InChI is InChI=1S/C10H10N2O3/c1-15-7-2-3-11-9-6(4-8(13)14)5-12-10(7)9/h2-3,5,12H,4H2,1H3,(H,13,14). The number of carboxylic acid groups (broad SMARTS) is 1. The van der Waals surface area contributed by atoms with E-state index in [2.05, 4.69) is 9.97 Å². The Morgan fingerprint density at radius 2 is 2.47 bits per heavy atom. The minimum atomic E-state index is -0.875. The predicted molar refractivity (Wildman–Crippen MR) is 54.0 cm³/mol. The molecule has 0 fully saturated rings. The second kappa shape index (κ2) is 3.61. The van der Waals surface area contributed by atoms with Gasteiger partial charge < -0.3 is 14.8 Å². The molecule has 0 aliphatic heterocycles. The number of hydrogen-bond donors (Lipinski definition) is 2. The van der Waals surface area contributed by atoms with Crippen molar-refractivity contribution in [2.24, 2.45) is 0 Å². The van der Waals surface area contributed by atoms with Crippen LogP contribution in [0.4, 0.5) is 0 Å². The van der Waals surface area contributed by atoms with Crippen LogP contribution in [0.1, 0.15) is 5.56 Å². The Hall–Kier alpha value is -2.04. The van der Waals surface area contributed by atoms with Gasteiger partial charge in [0.1, 0.15) is 11.3 Å². The van der Waals surface area contributed by atoms with Gasteiger partial charge in [0, 0.05) is 24.0 Å². The van der Waals surface area contributed by atoms with Gasteiger partial charge in [-0.25, -0.2) is 0 Å². The largest absolute Gasteiger partial charge is 0.494 e. The van der Waals surface area contributed by atoms with Crippen LogP contribution >= 0.6 is 0 Å². The van der Waals surface area contributed by atoms with Crippen molar-refractivity contribution in [3.63, 3.8) is 0 Å². The predicted octanol–water partition coefficient (Wildman–Crippen LogP) is 1.20. The number of nitrogens with one attached hydrogen (secondary N) is 1. The van der Waals surface area contributed by atoms with Crippen molar-refractivity contribution in [1.82, 2.24) is 9.97 Å². The molecule has 2 rings (SSSR count). The van der Waals surface area contributed by atoms with E-state index in [-0.39, 0.29) is 6.42 Å². The SMILES string of the molecule is COc1ccnc2c(CC(=O)O)c[nH]c12. The Morgan fingerprint density at radius 3 is 3.13 bits per heavy atom. The third-order valence-corrected chi connectivity index (χ3v) is 2.17. The summed E-state index contributed by atoms with van der Waals surface area (Å²) >= 11 is 0. The molecule has 5 heteroatoms. The van der Waals surface area contributed by atoms with Crippen LogP contribution in [0.25, 0.3) is 11.0 Å². The number of aromatic nitrogens is 2. The molecule has 0 bridgehead atoms. The Kier molecular flexibility index (Phi) is 2.29. The number of fused-ring (bicyclic) bond motifs is 1. The molecular formula is C10H10N2O3. The number of ether oxygens (including phenoxy) is 1. The molecule has 2 aromatic heterocycles. The summed E-state index contributed by atoms with van der Waals surface area (Å²) in [6.07, 6.45) is 3.20. The van der Waals surface area contributed by atoms with E-state index < -0.39 is 5.97 Å². The summed E-state index contributed by atoms with van der Waals surface area (Å²) in [7, 11) is 1.56. The number of aromatic amines is 1. The van der Waals surface area contributed by atoms with E-state index in [4.69, 9.17) is 9.84 Å². The molecule has 0 spiro atoms. The van der Waals surface area contributed by atoms with Gasteiger partial charge in [-0.15, -0.1) is 0 Å². The van der Waals surface area contributed by atoms with Crippen molar-refractivity contribution in [2.75, 3.05) is 7.11 Å². The second-order valence-corrected chi connectivity index (χ2v) is 3.12. The van der Waals surface area contributed by atoms with Crippen molar-refractivity contribution in [2.45, 2.75) is 6.42 Å². The van der Waals surface area contributed by atoms with Crippen molar-refractivity contribution in [3.05, 3.63) is 24.0 Å². The van der Waals surface area contributed by atoms with E-state index in [0.29, 0.717) is 16.8 Å². The first-order valence-electron chi connectivity index (χ1n) is 4.43. The van der Waals surface area contributed by atoms with Crippen LogP contribution in [0.15, 0.2) is 18.5 Å². The summed E-state index contributed by atoms with van der Waals surface area (Å²) in [5.74, 6) is -0.211. The van der Waals surface area contributed by atoms with Gasteiger partial charge in [-0.05, 0) is 0 Å². The normalized spacial score (nSPS) is 10.5. The molecule has 0 aliphatic rings. The molecule has 0 atom stereocenters. The van der Waals surface area contributed by atoms with E-state index in [9.17, 15) is 4.79 Å². The minimum Gasteiger partial charge on any atom is -0.494 e. The second-order valence-electron chi connectivity index (χ2n) is 3.12. The third kappa shape index (κ3) is 1.63. The lowest BCUT2D eigenvalue weighted by Gasteiger charge is -2.00. The monoisotopic (exact) mass is 206 g/mol. The zero-order valence-electron chi connectivity index (χ0n) is 8.15. The molecule has 0 radical (unpaired) electrons. The highest BCUT2D eigenvalue weighted by Crippen LogP contribution is 2.24. The van der Waals surface area contributed by atoms with Gasteiger partial charge in [-0.3, -0.25) is 9.78 Å². The number of aliphatic carboxylic acids is 1. The van der Waals surface area contributed by atoms with E-state index in [0.717, 1.165) is 5.52 Å². The molecule has 0 saturated carbocycles. The van der Waals surface area contributed by atoms with Crippen LogP contribution in [0, 0.1) is 0 Å². The molecular weight excluding hydrogens is 196 g/mol. The average molecular weight is 206 g/mol. The van der Waals surface area contributed by atoms with Gasteiger partial charge in [0.25, 0.3) is 0 Å². The summed E-state index contributed by atoms with van der Waals surface area (Å²) < 4.78 is 5.13. The highest BCUT2D eigenvalue weighted by atomic mass is 16.5. The number of nitrogens with zero attached hydrogens (tertiary/aromatic N) is 1. The lowest BCUT2D eigenvalue weighted by Crippen LogP contribution is -1.99. The average Bonchev–Trinajstić information content (AvgIpc) is 2.61. The fraction of sp³-hybridized carbons (Fsp3) is 0.200. The van der Waals surface area contributed by atoms with Crippen molar-refractivity contribution in [3.8, 4) is 5.75 Å². The van der Waals surface area contributed by atoms with Gasteiger partial charge in [0.05, 0.1) is 19.0 Å². The maximum absolute atomic E-state index is 10.6. The fourth-order valence-electron chi connectivity index (χ4n) is 1.52. The van der Waals surface area contributed by atoms with E-state index in [1.807, 2.05) is 0 Å². The molecule has 0 unspecified atom stereocenters. The Morgan fingerprint density at radius 1 is 1.67 bits per heavy atom. The fourth-order valence-corrected chi connectivity index (χ4v) is 1.52. The summed E-state index contributed by atoms with van der Waals surface area (Å²) in [5, 5.41) is 8.70. The first kappa shape index (κ1) is 9.51. The van der Waals surface area contributed by atoms with Crippen LogP contribution in [0.3, 0.4) is 0 Å². The van der Waals surface area contributed by atoms with Gasteiger partial charge >= 0.3 is 5.97 Å². The van der Waals surface area contributed by atoms with Crippen molar-refractivity contribution in [1.29, 1.82) is 0 Å². The number of hydrogen-bond acceptors (Lipinski definition) is 3. The topological polar surface area (TPSA) is 75.2 Å². The van der Waals surface area contributed by atoms with Crippen molar-refractivity contribution >= 4 is 17.0 Å². The molecule has 5 nitrogen and oxygen atoms in total. The van der Waals surface area contributed by atoms with Crippen LogP contribution in [-0.4, -0.2) is 28.2 Å². The first-order valence-corrected chi connectivity index (χ1v) is 4.43. The zero-order valence-corrected chi connectivity index (χ0v) is 8.15. The Labute approximate surface area is 85.7 Å². The molecule has 78 valence electrons. The number of pyridine rings is 1. The van der Waals surface area contributed by atoms with Gasteiger partial charge in [0.15, 0.2) is 0 Å². The molecule has 2 aromatic rings. The number of H-pyrrole nitrogens is 1. The van der Waals surface area contributed by atoms with Crippen LogP contribution in [0.2, 0.25) is 0 Å². The summed E-state index contributed by atoms with van der Waals surface area (Å²) in [6, 6.07) is 1.73. The van der Waals surface area contributed by atoms with Gasteiger partial charge in [-0.1, -0.05) is 0 Å². The minimum absolute atomic E-state index is 0.0415. The van der Waals surface area contributed by atoms with Crippen LogP contribution < -0.4 is 4.74 Å². The molecule has 2 N–H and O–H groups in total. The molecule has 0 amide bonds. The van der Waals surface area contributed by atoms with Gasteiger partial charge in [-0.2, -0.15) is 0 Å². The maximum Gasteiger partial charge on any atom is 0.307 e. The number of carbonyl (C=O) groups is 1. The first-order chi connectivity index (χ1) is 7.22. The number of carboxylic acids is 1. The smallest absolute Gasteiger partial charge is 0.307 e. The highest BCUT2D eigenvalue weighted by Gasteiger charge is 2.11. The molecule has 0 saturated heterocycles. The maximum atomic E-state index is 10.6. The number of rotatable bonds is 3. The summed E-state index contributed by atoms with van der Waals surface area (Å²) in [5.41, 5.74) is 2.05. The zero-order chi connectivity index (χ0) is 10.8.